The van der Waals surface area contributed by atoms with Crippen LogP contribution in [0.2, 0.25) is 0 Å². The molecular weight excluding hydrogens is 336 g/mol. The number of aryl methyl sites for hydroxylation is 2. The first kappa shape index (κ1) is 16.0. The van der Waals surface area contributed by atoms with E-state index in [0.717, 1.165) is 56.1 Å². The summed E-state index contributed by atoms with van der Waals surface area (Å²) in [7, 11) is 0. The minimum atomic E-state index is 0.555. The van der Waals surface area contributed by atoms with E-state index in [4.69, 9.17) is 9.51 Å². The molecule has 27 heavy (non-hydrogen) atoms. The number of pyridine rings is 1. The number of fused-ring (bicyclic) bond motifs is 1. The van der Waals surface area contributed by atoms with Crippen molar-refractivity contribution in [3.63, 3.8) is 0 Å². The van der Waals surface area contributed by atoms with Gasteiger partial charge in [0, 0.05) is 35.0 Å². The van der Waals surface area contributed by atoms with Gasteiger partial charge in [0.05, 0.1) is 16.7 Å². The predicted molar refractivity (Wildman–Crippen MR) is 105 cm³/mol. The number of hydrogen-bond donors (Lipinski definition) is 1. The smallest absolute Gasteiger partial charge is 0.141 e. The Hall–Kier alpha value is -3.21. The molecule has 4 aromatic rings. The zero-order chi connectivity index (χ0) is 18.5. The Labute approximate surface area is 157 Å². The fourth-order valence-electron chi connectivity index (χ4n) is 3.65. The van der Waals surface area contributed by atoms with Gasteiger partial charge in [0.2, 0.25) is 0 Å². The molecule has 1 aliphatic rings. The molecule has 0 amide bonds. The van der Waals surface area contributed by atoms with Crippen LogP contribution < -0.4 is 0 Å². The third-order valence-corrected chi connectivity index (χ3v) is 5.23. The molecule has 0 bridgehead atoms. The van der Waals surface area contributed by atoms with Crippen LogP contribution in [-0.2, 0) is 0 Å². The van der Waals surface area contributed by atoms with Crippen molar-refractivity contribution in [1.82, 2.24) is 20.1 Å². The number of H-pyrrole nitrogens is 1. The molecule has 3 heterocycles. The number of hydrogen-bond acceptors (Lipinski definition) is 4. The van der Waals surface area contributed by atoms with Gasteiger partial charge in [0.25, 0.3) is 0 Å². The summed E-state index contributed by atoms with van der Waals surface area (Å²) in [6.07, 6.45) is 6.02. The topological polar surface area (TPSA) is 67.6 Å². The third kappa shape index (κ3) is 2.67. The van der Waals surface area contributed by atoms with E-state index in [1.54, 1.807) is 6.20 Å². The lowest BCUT2D eigenvalue weighted by Crippen LogP contribution is -1.92. The Morgan fingerprint density at radius 2 is 2.11 bits per heavy atom. The fraction of sp³-hybridized carbons (Fsp3) is 0.227. The number of imidazole rings is 1. The van der Waals surface area contributed by atoms with Gasteiger partial charge in [-0.05, 0) is 56.0 Å². The zero-order valence-corrected chi connectivity index (χ0v) is 15.4. The molecular formula is C22H20N4O. The molecule has 0 saturated heterocycles. The van der Waals surface area contributed by atoms with Crippen LogP contribution in [0.1, 0.15) is 47.2 Å². The van der Waals surface area contributed by atoms with Crippen molar-refractivity contribution in [3.8, 4) is 11.1 Å². The van der Waals surface area contributed by atoms with E-state index in [-0.39, 0.29) is 0 Å². The van der Waals surface area contributed by atoms with Crippen LogP contribution in [-0.4, -0.2) is 20.1 Å². The molecule has 3 aromatic heterocycles. The second kappa shape index (κ2) is 5.91. The van der Waals surface area contributed by atoms with Gasteiger partial charge in [-0.1, -0.05) is 17.8 Å². The van der Waals surface area contributed by atoms with Crippen LogP contribution in [0.3, 0.4) is 0 Å². The first-order valence-electron chi connectivity index (χ1n) is 9.18. The highest BCUT2D eigenvalue weighted by molar-refractivity contribution is 5.97. The molecule has 5 heteroatoms. The summed E-state index contributed by atoms with van der Waals surface area (Å²) in [5.74, 6) is 2.44. The summed E-state index contributed by atoms with van der Waals surface area (Å²) in [5, 5.41) is 4.12. The maximum absolute atomic E-state index is 5.39. The lowest BCUT2D eigenvalue weighted by Gasteiger charge is -2.10. The van der Waals surface area contributed by atoms with E-state index in [1.165, 1.54) is 12.8 Å². The van der Waals surface area contributed by atoms with Gasteiger partial charge in [0.15, 0.2) is 0 Å². The molecule has 1 aliphatic carbocycles. The van der Waals surface area contributed by atoms with Gasteiger partial charge in [-0.3, -0.25) is 4.98 Å². The van der Waals surface area contributed by atoms with Crippen LogP contribution >= 0.6 is 0 Å². The van der Waals surface area contributed by atoms with E-state index >= 15 is 0 Å². The van der Waals surface area contributed by atoms with Crippen LogP contribution in [0.15, 0.2) is 47.8 Å². The molecule has 0 spiro atoms. The van der Waals surface area contributed by atoms with E-state index in [0.29, 0.717) is 5.92 Å². The van der Waals surface area contributed by atoms with Crippen molar-refractivity contribution < 1.29 is 4.52 Å². The zero-order valence-electron chi connectivity index (χ0n) is 15.4. The van der Waals surface area contributed by atoms with Gasteiger partial charge in [-0.25, -0.2) is 4.98 Å². The van der Waals surface area contributed by atoms with E-state index in [1.807, 2.05) is 32.2 Å². The van der Waals surface area contributed by atoms with Crippen LogP contribution in [0.5, 0.6) is 0 Å². The second-order valence-corrected chi connectivity index (χ2v) is 7.24. The molecule has 1 aromatic carbocycles. The van der Waals surface area contributed by atoms with Crippen molar-refractivity contribution in [1.29, 1.82) is 0 Å². The summed E-state index contributed by atoms with van der Waals surface area (Å²) in [4.78, 5) is 12.7. The quantitative estimate of drug-likeness (QED) is 0.548. The minimum absolute atomic E-state index is 0.555. The van der Waals surface area contributed by atoms with Gasteiger partial charge < -0.3 is 9.51 Å². The number of aromatic nitrogens is 4. The summed E-state index contributed by atoms with van der Waals surface area (Å²) >= 11 is 0. The third-order valence-electron chi connectivity index (χ3n) is 5.23. The molecule has 5 rings (SSSR count). The number of aromatic amines is 1. The summed E-state index contributed by atoms with van der Waals surface area (Å²) < 4.78 is 5.39. The van der Waals surface area contributed by atoms with Gasteiger partial charge in [0.1, 0.15) is 11.6 Å². The minimum Gasteiger partial charge on any atom is -0.361 e. The van der Waals surface area contributed by atoms with E-state index in [9.17, 15) is 0 Å². The summed E-state index contributed by atoms with van der Waals surface area (Å²) in [6.45, 7) is 8.26. The second-order valence-electron chi connectivity index (χ2n) is 7.24. The van der Waals surface area contributed by atoms with Crippen molar-refractivity contribution >= 4 is 16.6 Å². The number of benzene rings is 1. The molecule has 5 nitrogen and oxygen atoms in total. The number of nitrogens with one attached hydrogen (secondary N) is 1. The van der Waals surface area contributed by atoms with Crippen LogP contribution in [0.25, 0.3) is 27.7 Å². The molecule has 134 valence electrons. The first-order valence-corrected chi connectivity index (χ1v) is 9.18. The van der Waals surface area contributed by atoms with Crippen molar-refractivity contribution in [3.05, 3.63) is 71.6 Å². The average molecular weight is 356 g/mol. The first-order chi connectivity index (χ1) is 13.1. The van der Waals surface area contributed by atoms with E-state index < -0.39 is 0 Å². The summed E-state index contributed by atoms with van der Waals surface area (Å²) in [6, 6.07) is 8.23. The molecule has 1 N–H and O–H groups in total. The molecule has 1 fully saturated rings. The van der Waals surface area contributed by atoms with Crippen molar-refractivity contribution in [2.24, 2.45) is 0 Å². The maximum atomic E-state index is 5.39. The van der Waals surface area contributed by atoms with Crippen LogP contribution in [0, 0.1) is 13.8 Å². The Bertz CT molecular complexity index is 1150. The normalized spacial score (nSPS) is 14.0. The highest BCUT2D eigenvalue weighted by Gasteiger charge is 2.28. The highest BCUT2D eigenvalue weighted by Crippen LogP contribution is 2.41. The fourth-order valence-corrected chi connectivity index (χ4v) is 3.65. The van der Waals surface area contributed by atoms with E-state index in [2.05, 4.69) is 33.8 Å². The van der Waals surface area contributed by atoms with Crippen molar-refractivity contribution in [2.75, 3.05) is 0 Å². The van der Waals surface area contributed by atoms with Gasteiger partial charge in [-0.2, -0.15) is 0 Å². The van der Waals surface area contributed by atoms with Crippen LogP contribution in [0.4, 0.5) is 0 Å². The standard InChI is InChI=1S/C22H20N4O/c1-12(16-5-4-8-23-11-16)18-9-17(20-13(2)26-27-14(20)3)10-19-21(18)25-22(24-19)15-6-7-15/h4-5,8-11,15H,1,6-7H2,2-3H3,(H,24,25). The molecule has 0 unspecified atom stereocenters. The summed E-state index contributed by atoms with van der Waals surface area (Å²) in [5.41, 5.74) is 7.87. The highest BCUT2D eigenvalue weighted by atomic mass is 16.5. The molecule has 0 aliphatic heterocycles. The largest absolute Gasteiger partial charge is 0.361 e. The molecule has 0 radical (unpaired) electrons. The SMILES string of the molecule is C=C(c1cccnc1)c1cc(-c2c(C)noc2C)cc2[nH]c(C3CC3)nc12. The Morgan fingerprint density at radius 3 is 2.78 bits per heavy atom. The van der Waals surface area contributed by atoms with Crippen molar-refractivity contribution in [2.45, 2.75) is 32.6 Å². The Kier molecular flexibility index (Phi) is 3.50. The lowest BCUT2D eigenvalue weighted by atomic mass is 9.94. The number of nitrogens with zero attached hydrogens (tertiary/aromatic N) is 3. The van der Waals surface area contributed by atoms with Gasteiger partial charge in [-0.15, -0.1) is 0 Å². The Balaban J connectivity index is 1.75. The number of rotatable bonds is 4. The molecule has 0 atom stereocenters. The molecule has 1 saturated carbocycles. The lowest BCUT2D eigenvalue weighted by molar-refractivity contribution is 0.393. The predicted octanol–water partition coefficient (Wildman–Crippen LogP) is 5.17. The average Bonchev–Trinajstić information content (AvgIpc) is 3.36. The van der Waals surface area contributed by atoms with Gasteiger partial charge >= 0.3 is 0 Å². The monoisotopic (exact) mass is 356 g/mol. The maximum Gasteiger partial charge on any atom is 0.141 e. The Morgan fingerprint density at radius 1 is 1.26 bits per heavy atom.